The van der Waals surface area contributed by atoms with Crippen LogP contribution in [-0.2, 0) is 13.1 Å². The SMILES string of the molecule is Cc1ccsc1CNC1CCN(Cc2ccc(F)c(F)c2)CC1. The van der Waals surface area contributed by atoms with Crippen molar-refractivity contribution >= 4 is 11.3 Å². The summed E-state index contributed by atoms with van der Waals surface area (Å²) < 4.78 is 26.2. The average molecular weight is 336 g/mol. The summed E-state index contributed by atoms with van der Waals surface area (Å²) in [4.78, 5) is 3.72. The van der Waals surface area contributed by atoms with Gasteiger partial charge in [0.15, 0.2) is 11.6 Å². The molecule has 124 valence electrons. The second-order valence-corrected chi connectivity index (χ2v) is 7.21. The van der Waals surface area contributed by atoms with E-state index in [0.29, 0.717) is 12.6 Å². The van der Waals surface area contributed by atoms with E-state index in [9.17, 15) is 8.78 Å². The van der Waals surface area contributed by atoms with Crippen LogP contribution in [0.1, 0.15) is 28.8 Å². The highest BCUT2D eigenvalue weighted by molar-refractivity contribution is 7.10. The van der Waals surface area contributed by atoms with Crippen LogP contribution < -0.4 is 5.32 Å². The number of hydrogen-bond donors (Lipinski definition) is 1. The summed E-state index contributed by atoms with van der Waals surface area (Å²) in [5, 5.41) is 5.78. The lowest BCUT2D eigenvalue weighted by Crippen LogP contribution is -2.41. The Labute approximate surface area is 140 Å². The summed E-state index contributed by atoms with van der Waals surface area (Å²) in [5.41, 5.74) is 2.20. The van der Waals surface area contributed by atoms with Crippen molar-refractivity contribution in [3.8, 4) is 0 Å². The molecule has 0 atom stereocenters. The zero-order valence-corrected chi connectivity index (χ0v) is 14.1. The predicted octanol–water partition coefficient (Wildman–Crippen LogP) is 4.09. The number of halogens is 2. The quantitative estimate of drug-likeness (QED) is 0.885. The van der Waals surface area contributed by atoms with Gasteiger partial charge < -0.3 is 5.32 Å². The molecule has 1 aliphatic rings. The van der Waals surface area contributed by atoms with Gasteiger partial charge in [-0.1, -0.05) is 6.07 Å². The van der Waals surface area contributed by atoms with Crippen molar-refractivity contribution < 1.29 is 8.78 Å². The molecule has 1 aromatic heterocycles. The van der Waals surface area contributed by atoms with Crippen LogP contribution in [0.25, 0.3) is 0 Å². The van der Waals surface area contributed by atoms with Gasteiger partial charge in [0.1, 0.15) is 0 Å². The number of nitrogens with zero attached hydrogens (tertiary/aromatic N) is 1. The van der Waals surface area contributed by atoms with E-state index in [1.807, 2.05) is 0 Å². The Hall–Kier alpha value is -1.30. The zero-order valence-electron chi connectivity index (χ0n) is 13.3. The summed E-state index contributed by atoms with van der Waals surface area (Å²) in [7, 11) is 0. The largest absolute Gasteiger partial charge is 0.309 e. The lowest BCUT2D eigenvalue weighted by Gasteiger charge is -2.32. The van der Waals surface area contributed by atoms with Crippen molar-refractivity contribution in [2.75, 3.05) is 13.1 Å². The molecule has 2 heterocycles. The molecule has 1 aromatic carbocycles. The van der Waals surface area contributed by atoms with Gasteiger partial charge in [-0.3, -0.25) is 4.90 Å². The summed E-state index contributed by atoms with van der Waals surface area (Å²) in [6.45, 7) is 5.75. The maximum absolute atomic E-state index is 13.3. The van der Waals surface area contributed by atoms with Gasteiger partial charge in [0.25, 0.3) is 0 Å². The molecule has 0 unspecified atom stereocenters. The van der Waals surface area contributed by atoms with Gasteiger partial charge in [-0.15, -0.1) is 11.3 Å². The van der Waals surface area contributed by atoms with Gasteiger partial charge >= 0.3 is 0 Å². The third kappa shape index (κ3) is 4.37. The van der Waals surface area contributed by atoms with E-state index in [1.54, 1.807) is 17.4 Å². The van der Waals surface area contributed by atoms with E-state index >= 15 is 0 Å². The minimum atomic E-state index is -0.777. The lowest BCUT2D eigenvalue weighted by atomic mass is 10.0. The molecule has 0 bridgehead atoms. The van der Waals surface area contributed by atoms with Gasteiger partial charge in [-0.2, -0.15) is 0 Å². The number of piperidine rings is 1. The number of nitrogens with one attached hydrogen (secondary N) is 1. The van der Waals surface area contributed by atoms with Gasteiger partial charge in [-0.05, 0) is 67.6 Å². The summed E-state index contributed by atoms with van der Waals surface area (Å²) in [5.74, 6) is -1.54. The molecule has 0 aliphatic carbocycles. The van der Waals surface area contributed by atoms with Crippen molar-refractivity contribution in [3.63, 3.8) is 0 Å². The van der Waals surface area contributed by atoms with Crippen molar-refractivity contribution in [2.24, 2.45) is 0 Å². The lowest BCUT2D eigenvalue weighted by molar-refractivity contribution is 0.190. The van der Waals surface area contributed by atoms with Crippen LogP contribution in [0.2, 0.25) is 0 Å². The molecular formula is C18H22F2N2S. The molecule has 1 saturated heterocycles. The monoisotopic (exact) mass is 336 g/mol. The Bertz CT molecular complexity index is 648. The number of benzene rings is 1. The number of aryl methyl sites for hydroxylation is 1. The Kier molecular flexibility index (Phi) is 5.41. The molecule has 2 nitrogen and oxygen atoms in total. The molecule has 0 spiro atoms. The van der Waals surface area contributed by atoms with Crippen molar-refractivity contribution in [2.45, 2.75) is 38.9 Å². The topological polar surface area (TPSA) is 15.3 Å². The number of hydrogen-bond acceptors (Lipinski definition) is 3. The summed E-state index contributed by atoms with van der Waals surface area (Å²) in [6.07, 6.45) is 2.18. The third-order valence-electron chi connectivity index (χ3n) is 4.50. The molecule has 2 aromatic rings. The highest BCUT2D eigenvalue weighted by atomic mass is 32.1. The van der Waals surface area contributed by atoms with E-state index in [1.165, 1.54) is 22.6 Å². The normalized spacial score (nSPS) is 16.8. The van der Waals surface area contributed by atoms with Gasteiger partial charge in [0.2, 0.25) is 0 Å². The third-order valence-corrected chi connectivity index (χ3v) is 5.52. The highest BCUT2D eigenvalue weighted by Crippen LogP contribution is 2.18. The van der Waals surface area contributed by atoms with E-state index < -0.39 is 11.6 Å². The number of rotatable bonds is 5. The fourth-order valence-electron chi connectivity index (χ4n) is 3.01. The minimum Gasteiger partial charge on any atom is -0.309 e. The minimum absolute atomic E-state index is 0.540. The molecule has 1 N–H and O–H groups in total. The second-order valence-electron chi connectivity index (χ2n) is 6.21. The Morgan fingerprint density at radius 1 is 1.17 bits per heavy atom. The van der Waals surface area contributed by atoms with Crippen LogP contribution >= 0.6 is 11.3 Å². The Morgan fingerprint density at radius 2 is 1.96 bits per heavy atom. The molecule has 23 heavy (non-hydrogen) atoms. The van der Waals surface area contributed by atoms with Crippen molar-refractivity contribution in [1.82, 2.24) is 10.2 Å². The zero-order chi connectivity index (χ0) is 16.2. The first-order valence-corrected chi connectivity index (χ1v) is 8.92. The van der Waals surface area contributed by atoms with E-state index in [4.69, 9.17) is 0 Å². The van der Waals surface area contributed by atoms with Gasteiger partial charge in [0, 0.05) is 24.0 Å². The molecule has 0 saturated carbocycles. The van der Waals surface area contributed by atoms with Crippen LogP contribution in [0.3, 0.4) is 0 Å². The van der Waals surface area contributed by atoms with E-state index in [0.717, 1.165) is 38.0 Å². The van der Waals surface area contributed by atoms with E-state index in [2.05, 4.69) is 28.6 Å². The van der Waals surface area contributed by atoms with Crippen LogP contribution in [0, 0.1) is 18.6 Å². The van der Waals surface area contributed by atoms with Gasteiger partial charge in [0.05, 0.1) is 0 Å². The number of thiophene rings is 1. The first kappa shape index (κ1) is 16.6. The Morgan fingerprint density at radius 3 is 2.61 bits per heavy atom. The van der Waals surface area contributed by atoms with Crippen molar-refractivity contribution in [1.29, 1.82) is 0 Å². The molecule has 1 fully saturated rings. The molecule has 5 heteroatoms. The van der Waals surface area contributed by atoms with Crippen LogP contribution in [0.4, 0.5) is 8.78 Å². The predicted molar refractivity (Wildman–Crippen MR) is 90.6 cm³/mol. The average Bonchev–Trinajstić information content (AvgIpc) is 2.95. The van der Waals surface area contributed by atoms with Crippen molar-refractivity contribution in [3.05, 3.63) is 57.3 Å². The fraction of sp³-hybridized carbons (Fsp3) is 0.444. The van der Waals surface area contributed by atoms with Gasteiger partial charge in [-0.25, -0.2) is 8.78 Å². The maximum atomic E-state index is 13.3. The maximum Gasteiger partial charge on any atom is 0.159 e. The molecule has 0 radical (unpaired) electrons. The fourth-order valence-corrected chi connectivity index (χ4v) is 3.87. The highest BCUT2D eigenvalue weighted by Gasteiger charge is 2.19. The summed E-state index contributed by atoms with van der Waals surface area (Å²) >= 11 is 1.80. The first-order chi connectivity index (χ1) is 11.1. The molecule has 0 amide bonds. The summed E-state index contributed by atoms with van der Waals surface area (Å²) in [6, 6.07) is 6.88. The van der Waals surface area contributed by atoms with Crippen LogP contribution in [0.5, 0.6) is 0 Å². The van der Waals surface area contributed by atoms with Crippen LogP contribution in [0.15, 0.2) is 29.6 Å². The standard InChI is InChI=1S/C18H22F2N2S/c1-13-6-9-23-18(13)11-21-15-4-7-22(8-5-15)12-14-2-3-16(19)17(20)10-14/h2-3,6,9-10,15,21H,4-5,7-8,11-12H2,1H3. The smallest absolute Gasteiger partial charge is 0.159 e. The van der Waals surface area contributed by atoms with Crippen LogP contribution in [-0.4, -0.2) is 24.0 Å². The van der Waals surface area contributed by atoms with E-state index in [-0.39, 0.29) is 0 Å². The molecular weight excluding hydrogens is 314 g/mol. The number of likely N-dealkylation sites (tertiary alicyclic amines) is 1. The second kappa shape index (κ2) is 7.51. The first-order valence-electron chi connectivity index (χ1n) is 8.04. The molecule has 1 aliphatic heterocycles. The molecule has 3 rings (SSSR count). The Balaban J connectivity index is 1.45.